The minimum absolute atomic E-state index is 0.0440. The second kappa shape index (κ2) is 6.46. The lowest BCUT2D eigenvalue weighted by atomic mass is 10.1. The molecule has 1 unspecified atom stereocenters. The molecule has 1 aliphatic rings. The zero-order chi connectivity index (χ0) is 19.1. The molecule has 1 fully saturated rings. The van der Waals surface area contributed by atoms with Gasteiger partial charge in [-0.2, -0.15) is 0 Å². The van der Waals surface area contributed by atoms with Crippen LogP contribution >= 0.6 is 0 Å². The maximum Gasteiger partial charge on any atom is 0.330 e. The molecule has 0 saturated heterocycles. The first-order valence-corrected chi connectivity index (χ1v) is 8.65. The van der Waals surface area contributed by atoms with Crippen molar-refractivity contribution >= 4 is 16.9 Å². The summed E-state index contributed by atoms with van der Waals surface area (Å²) in [5.41, 5.74) is 0.196. The van der Waals surface area contributed by atoms with E-state index in [1.54, 1.807) is 19.1 Å². The number of hydrogen-bond acceptors (Lipinski definition) is 4. The number of nitrogens with one attached hydrogen (secondary N) is 2. The fraction of sp³-hybridized carbons (Fsp3) is 0.263. The lowest BCUT2D eigenvalue weighted by molar-refractivity contribution is 0.0939. The van der Waals surface area contributed by atoms with Gasteiger partial charge in [0.05, 0.1) is 17.0 Å². The van der Waals surface area contributed by atoms with Crippen LogP contribution in [0.2, 0.25) is 0 Å². The Kier molecular flexibility index (Phi) is 4.10. The highest BCUT2D eigenvalue weighted by Gasteiger charge is 2.27. The van der Waals surface area contributed by atoms with E-state index in [0.29, 0.717) is 0 Å². The molecule has 1 saturated carbocycles. The number of halogens is 1. The highest BCUT2D eigenvalue weighted by atomic mass is 19.1. The molecule has 4 rings (SSSR count). The standard InChI is InChI=1S/C19H17FN4O3/c1-10(11-2-4-13(20)5-3-11)22-17(25)12-8-15-16(21-9-12)24(14-6-7-14)19(27)23-18(15)26/h2-5,8-10,14H,6-7H2,1H3,(H,22,25)(H,23,26,27). The average Bonchev–Trinajstić information content (AvgIpc) is 3.47. The van der Waals surface area contributed by atoms with Crippen LogP contribution in [0.25, 0.3) is 11.0 Å². The first-order chi connectivity index (χ1) is 12.9. The molecule has 1 aromatic carbocycles. The van der Waals surface area contributed by atoms with E-state index >= 15 is 0 Å². The molecule has 0 radical (unpaired) electrons. The van der Waals surface area contributed by atoms with Crippen molar-refractivity contribution in [1.82, 2.24) is 19.9 Å². The van der Waals surface area contributed by atoms with Gasteiger partial charge in [-0.1, -0.05) is 12.1 Å². The molecule has 0 bridgehead atoms. The van der Waals surface area contributed by atoms with Crippen molar-refractivity contribution in [3.63, 3.8) is 0 Å². The van der Waals surface area contributed by atoms with Gasteiger partial charge in [-0.15, -0.1) is 0 Å². The number of H-pyrrole nitrogens is 1. The molecule has 2 heterocycles. The molecule has 1 amide bonds. The van der Waals surface area contributed by atoms with E-state index in [2.05, 4.69) is 15.3 Å². The highest BCUT2D eigenvalue weighted by Crippen LogP contribution is 2.34. The zero-order valence-electron chi connectivity index (χ0n) is 14.5. The Labute approximate surface area is 152 Å². The summed E-state index contributed by atoms with van der Waals surface area (Å²) in [6.07, 6.45) is 3.08. The molecular formula is C19H17FN4O3. The number of nitrogens with zero attached hydrogens (tertiary/aromatic N) is 2. The Morgan fingerprint density at radius 2 is 2.00 bits per heavy atom. The maximum absolute atomic E-state index is 13.0. The highest BCUT2D eigenvalue weighted by molar-refractivity contribution is 5.96. The molecule has 27 heavy (non-hydrogen) atoms. The Morgan fingerprint density at radius 1 is 1.30 bits per heavy atom. The fourth-order valence-electron chi connectivity index (χ4n) is 3.05. The molecule has 0 spiro atoms. The van der Waals surface area contributed by atoms with Gasteiger partial charge in [-0.05, 0) is 43.5 Å². The number of pyridine rings is 1. The van der Waals surface area contributed by atoms with Crippen LogP contribution in [0.15, 0.2) is 46.1 Å². The number of hydrogen-bond donors (Lipinski definition) is 2. The van der Waals surface area contributed by atoms with Crippen molar-refractivity contribution in [2.75, 3.05) is 0 Å². The molecule has 0 aliphatic heterocycles. The predicted octanol–water partition coefficient (Wildman–Crippen LogP) is 2.05. The van der Waals surface area contributed by atoms with Gasteiger partial charge in [0.2, 0.25) is 0 Å². The number of fused-ring (bicyclic) bond motifs is 1. The molecular weight excluding hydrogens is 351 g/mol. The van der Waals surface area contributed by atoms with Gasteiger partial charge in [0.1, 0.15) is 11.5 Å². The molecule has 2 aromatic heterocycles. The number of carbonyl (C=O) groups is 1. The van der Waals surface area contributed by atoms with Crippen LogP contribution in [-0.2, 0) is 0 Å². The van der Waals surface area contributed by atoms with Crippen molar-refractivity contribution in [2.24, 2.45) is 0 Å². The molecule has 2 N–H and O–H groups in total. The van der Waals surface area contributed by atoms with Gasteiger partial charge in [0.15, 0.2) is 0 Å². The van der Waals surface area contributed by atoms with Crippen LogP contribution in [0.1, 0.15) is 47.8 Å². The van der Waals surface area contributed by atoms with E-state index in [1.807, 2.05) is 0 Å². The summed E-state index contributed by atoms with van der Waals surface area (Å²) in [7, 11) is 0. The Morgan fingerprint density at radius 3 is 2.67 bits per heavy atom. The SMILES string of the molecule is CC(NC(=O)c1cnc2c(c1)c(=O)[nH]c(=O)n2C1CC1)c1ccc(F)cc1. The van der Waals surface area contributed by atoms with Gasteiger partial charge >= 0.3 is 5.69 Å². The molecule has 1 atom stereocenters. The van der Waals surface area contributed by atoms with Crippen LogP contribution in [0, 0.1) is 5.82 Å². The van der Waals surface area contributed by atoms with E-state index in [-0.39, 0.29) is 34.5 Å². The Balaban J connectivity index is 1.65. The van der Waals surface area contributed by atoms with E-state index in [0.717, 1.165) is 18.4 Å². The minimum atomic E-state index is -0.569. The number of aromatic amines is 1. The lowest BCUT2D eigenvalue weighted by Gasteiger charge is -2.15. The summed E-state index contributed by atoms with van der Waals surface area (Å²) in [6.45, 7) is 1.77. The number of aromatic nitrogens is 3. The third-order valence-electron chi connectivity index (χ3n) is 4.67. The number of benzene rings is 1. The monoisotopic (exact) mass is 368 g/mol. The number of carbonyl (C=O) groups excluding carboxylic acids is 1. The minimum Gasteiger partial charge on any atom is -0.345 e. The van der Waals surface area contributed by atoms with E-state index in [9.17, 15) is 18.8 Å². The summed E-state index contributed by atoms with van der Waals surface area (Å²) >= 11 is 0. The van der Waals surface area contributed by atoms with Gasteiger partial charge in [0, 0.05) is 12.2 Å². The average molecular weight is 368 g/mol. The number of rotatable bonds is 4. The van der Waals surface area contributed by atoms with Gasteiger partial charge in [-0.25, -0.2) is 14.2 Å². The topological polar surface area (TPSA) is 96.8 Å². The maximum atomic E-state index is 13.0. The van der Waals surface area contributed by atoms with E-state index in [4.69, 9.17) is 0 Å². The summed E-state index contributed by atoms with van der Waals surface area (Å²) < 4.78 is 14.5. The summed E-state index contributed by atoms with van der Waals surface area (Å²) in [5.74, 6) is -0.762. The smallest absolute Gasteiger partial charge is 0.330 e. The summed E-state index contributed by atoms with van der Waals surface area (Å²) in [4.78, 5) is 43.2. The van der Waals surface area contributed by atoms with Crippen LogP contribution in [0.4, 0.5) is 4.39 Å². The molecule has 8 heteroatoms. The van der Waals surface area contributed by atoms with Gasteiger partial charge < -0.3 is 5.32 Å². The molecule has 1 aliphatic carbocycles. The third-order valence-corrected chi connectivity index (χ3v) is 4.67. The summed E-state index contributed by atoms with van der Waals surface area (Å²) in [6, 6.07) is 6.97. The zero-order valence-corrected chi connectivity index (χ0v) is 14.5. The fourth-order valence-corrected chi connectivity index (χ4v) is 3.05. The lowest BCUT2D eigenvalue weighted by Crippen LogP contribution is -2.31. The van der Waals surface area contributed by atoms with Gasteiger partial charge in [-0.3, -0.25) is 19.1 Å². The second-order valence-electron chi connectivity index (χ2n) is 6.70. The third kappa shape index (κ3) is 3.25. The summed E-state index contributed by atoms with van der Waals surface area (Å²) in [5, 5.41) is 2.99. The van der Waals surface area contributed by atoms with Crippen LogP contribution in [0.3, 0.4) is 0 Å². The molecule has 7 nitrogen and oxygen atoms in total. The van der Waals surface area contributed by atoms with Crippen LogP contribution in [0.5, 0.6) is 0 Å². The van der Waals surface area contributed by atoms with Crippen molar-refractivity contribution < 1.29 is 9.18 Å². The first kappa shape index (κ1) is 17.1. The van der Waals surface area contributed by atoms with Crippen molar-refractivity contribution in [1.29, 1.82) is 0 Å². The van der Waals surface area contributed by atoms with E-state index in [1.165, 1.54) is 29.0 Å². The molecule has 138 valence electrons. The van der Waals surface area contributed by atoms with Crippen molar-refractivity contribution in [2.45, 2.75) is 31.8 Å². The second-order valence-corrected chi connectivity index (χ2v) is 6.70. The van der Waals surface area contributed by atoms with Crippen molar-refractivity contribution in [3.8, 4) is 0 Å². The van der Waals surface area contributed by atoms with Gasteiger partial charge in [0.25, 0.3) is 11.5 Å². The van der Waals surface area contributed by atoms with Crippen molar-refractivity contribution in [3.05, 3.63) is 74.3 Å². The van der Waals surface area contributed by atoms with Crippen LogP contribution < -0.4 is 16.6 Å². The Bertz CT molecular complexity index is 1150. The normalized spacial score (nSPS) is 14.9. The quantitative estimate of drug-likeness (QED) is 0.737. The van der Waals surface area contributed by atoms with E-state index < -0.39 is 17.2 Å². The Hall–Kier alpha value is -3.29. The predicted molar refractivity (Wildman–Crippen MR) is 97.2 cm³/mol. The number of amides is 1. The van der Waals surface area contributed by atoms with Crippen LogP contribution in [-0.4, -0.2) is 20.4 Å². The molecule has 3 aromatic rings. The first-order valence-electron chi connectivity index (χ1n) is 8.65. The largest absolute Gasteiger partial charge is 0.345 e.